The van der Waals surface area contributed by atoms with Gasteiger partial charge in [-0.15, -0.1) is 0 Å². The molecule has 0 fully saturated rings. The molecule has 0 spiro atoms. The van der Waals surface area contributed by atoms with Crippen molar-refractivity contribution in [2.45, 2.75) is 19.5 Å². The third-order valence-electron chi connectivity index (χ3n) is 2.89. The lowest BCUT2D eigenvalue weighted by Gasteiger charge is -2.12. The number of pyridine rings is 1. The number of aromatic amines is 1. The zero-order valence-corrected chi connectivity index (χ0v) is 11.6. The average Bonchev–Trinajstić information content (AvgIpc) is 2.94. The maximum atomic E-state index is 5.73. The van der Waals surface area contributed by atoms with Crippen LogP contribution < -0.4 is 10.6 Å². The Morgan fingerprint density at radius 1 is 1.32 bits per heavy atom. The minimum absolute atomic E-state index is 0.303. The van der Waals surface area contributed by atoms with Gasteiger partial charge in [-0.25, -0.2) is 4.98 Å². The molecule has 0 aromatic carbocycles. The van der Waals surface area contributed by atoms with Crippen molar-refractivity contribution in [2.75, 3.05) is 13.1 Å². The van der Waals surface area contributed by atoms with E-state index in [4.69, 9.17) is 11.6 Å². The Morgan fingerprint density at radius 2 is 2.21 bits per heavy atom. The van der Waals surface area contributed by atoms with Gasteiger partial charge in [0.2, 0.25) is 0 Å². The summed E-state index contributed by atoms with van der Waals surface area (Å²) < 4.78 is 0. The van der Waals surface area contributed by atoms with Crippen molar-refractivity contribution in [3.63, 3.8) is 0 Å². The standard InChI is InChI=1S/C13H18ClN5/c1-10(12-8-18-19-9-12)16-5-4-15-6-11-2-3-13(14)17-7-11/h2-3,7-10,15-16H,4-6H2,1H3,(H,18,19). The summed E-state index contributed by atoms with van der Waals surface area (Å²) in [6.45, 7) is 4.71. The molecule has 0 aliphatic heterocycles. The zero-order valence-electron chi connectivity index (χ0n) is 10.9. The second-order valence-corrected chi connectivity index (χ2v) is 4.76. The van der Waals surface area contributed by atoms with E-state index < -0.39 is 0 Å². The highest BCUT2D eigenvalue weighted by molar-refractivity contribution is 6.29. The van der Waals surface area contributed by atoms with Crippen molar-refractivity contribution >= 4 is 11.6 Å². The molecule has 0 bridgehead atoms. The summed E-state index contributed by atoms with van der Waals surface area (Å²) in [4.78, 5) is 4.04. The molecule has 1 atom stereocenters. The zero-order chi connectivity index (χ0) is 13.5. The molecule has 1 unspecified atom stereocenters. The minimum Gasteiger partial charge on any atom is -0.311 e. The molecule has 0 radical (unpaired) electrons. The molecule has 3 N–H and O–H groups in total. The van der Waals surface area contributed by atoms with Gasteiger partial charge in [0.05, 0.1) is 6.20 Å². The van der Waals surface area contributed by atoms with E-state index in [1.807, 2.05) is 18.5 Å². The van der Waals surface area contributed by atoms with Gasteiger partial charge in [0, 0.05) is 43.6 Å². The van der Waals surface area contributed by atoms with Crippen LogP contribution in [-0.2, 0) is 6.54 Å². The van der Waals surface area contributed by atoms with Crippen LogP contribution in [-0.4, -0.2) is 28.3 Å². The van der Waals surface area contributed by atoms with Gasteiger partial charge in [-0.3, -0.25) is 5.10 Å². The van der Waals surface area contributed by atoms with Gasteiger partial charge in [0.15, 0.2) is 0 Å². The first-order chi connectivity index (χ1) is 9.25. The number of rotatable bonds is 7. The molecule has 0 aliphatic rings. The van der Waals surface area contributed by atoms with Crippen LogP contribution >= 0.6 is 11.6 Å². The summed E-state index contributed by atoms with van der Waals surface area (Å²) in [7, 11) is 0. The predicted molar refractivity (Wildman–Crippen MR) is 76.0 cm³/mol. The van der Waals surface area contributed by atoms with E-state index in [0.29, 0.717) is 11.2 Å². The summed E-state index contributed by atoms with van der Waals surface area (Å²) in [5.41, 5.74) is 2.30. The second-order valence-electron chi connectivity index (χ2n) is 4.37. The van der Waals surface area contributed by atoms with Crippen LogP contribution in [0.5, 0.6) is 0 Å². The van der Waals surface area contributed by atoms with E-state index >= 15 is 0 Å². The van der Waals surface area contributed by atoms with Gasteiger partial charge in [-0.1, -0.05) is 17.7 Å². The van der Waals surface area contributed by atoms with Gasteiger partial charge in [-0.05, 0) is 18.6 Å². The lowest BCUT2D eigenvalue weighted by Crippen LogP contribution is -2.28. The smallest absolute Gasteiger partial charge is 0.129 e. The van der Waals surface area contributed by atoms with Crippen molar-refractivity contribution in [1.29, 1.82) is 0 Å². The van der Waals surface area contributed by atoms with Crippen molar-refractivity contribution in [2.24, 2.45) is 0 Å². The summed E-state index contributed by atoms with van der Waals surface area (Å²) >= 11 is 5.73. The summed E-state index contributed by atoms with van der Waals surface area (Å²) in [6.07, 6.45) is 5.53. The van der Waals surface area contributed by atoms with E-state index in [-0.39, 0.29) is 0 Å². The highest BCUT2D eigenvalue weighted by Crippen LogP contribution is 2.08. The van der Waals surface area contributed by atoms with Gasteiger partial charge in [0.1, 0.15) is 5.15 Å². The quantitative estimate of drug-likeness (QED) is 0.535. The number of hydrogen-bond acceptors (Lipinski definition) is 4. The Morgan fingerprint density at radius 3 is 2.89 bits per heavy atom. The average molecular weight is 280 g/mol. The fourth-order valence-corrected chi connectivity index (χ4v) is 1.85. The SMILES string of the molecule is CC(NCCNCc1ccc(Cl)nc1)c1cn[nH]c1. The lowest BCUT2D eigenvalue weighted by atomic mass is 10.2. The fraction of sp³-hybridized carbons (Fsp3) is 0.385. The van der Waals surface area contributed by atoms with Gasteiger partial charge in [0.25, 0.3) is 0 Å². The summed E-state index contributed by atoms with van der Waals surface area (Å²) in [5.74, 6) is 0. The van der Waals surface area contributed by atoms with E-state index in [2.05, 4.69) is 32.7 Å². The molecule has 2 heterocycles. The molecule has 5 nitrogen and oxygen atoms in total. The Hall–Kier alpha value is -1.43. The fourth-order valence-electron chi connectivity index (χ4n) is 1.74. The van der Waals surface area contributed by atoms with Gasteiger partial charge >= 0.3 is 0 Å². The molecule has 0 amide bonds. The van der Waals surface area contributed by atoms with Gasteiger partial charge in [-0.2, -0.15) is 5.10 Å². The van der Waals surface area contributed by atoms with Crippen molar-refractivity contribution in [3.05, 3.63) is 47.0 Å². The van der Waals surface area contributed by atoms with Crippen molar-refractivity contribution in [1.82, 2.24) is 25.8 Å². The monoisotopic (exact) mass is 279 g/mol. The molecule has 2 aromatic rings. The van der Waals surface area contributed by atoms with Crippen LogP contribution in [0.3, 0.4) is 0 Å². The van der Waals surface area contributed by atoms with Crippen molar-refractivity contribution in [3.8, 4) is 0 Å². The van der Waals surface area contributed by atoms with Crippen LogP contribution in [0.25, 0.3) is 0 Å². The van der Waals surface area contributed by atoms with Crippen LogP contribution in [0.2, 0.25) is 5.15 Å². The Bertz CT molecular complexity index is 468. The number of H-pyrrole nitrogens is 1. The predicted octanol–water partition coefficient (Wildman–Crippen LogP) is 1.90. The molecular weight excluding hydrogens is 262 g/mol. The number of nitrogens with one attached hydrogen (secondary N) is 3. The molecule has 2 aromatic heterocycles. The maximum absolute atomic E-state index is 5.73. The number of aromatic nitrogens is 3. The molecule has 2 rings (SSSR count). The van der Waals surface area contributed by atoms with E-state index in [9.17, 15) is 0 Å². The molecule has 0 aliphatic carbocycles. The molecule has 19 heavy (non-hydrogen) atoms. The topological polar surface area (TPSA) is 65.6 Å². The molecule has 0 saturated heterocycles. The van der Waals surface area contributed by atoms with Crippen LogP contribution in [0.4, 0.5) is 0 Å². The van der Waals surface area contributed by atoms with E-state index in [1.54, 1.807) is 12.3 Å². The Labute approximate surface area is 117 Å². The van der Waals surface area contributed by atoms with Crippen LogP contribution in [0.1, 0.15) is 24.1 Å². The lowest BCUT2D eigenvalue weighted by molar-refractivity contribution is 0.545. The van der Waals surface area contributed by atoms with E-state index in [0.717, 1.165) is 25.2 Å². The molecule has 0 saturated carbocycles. The third-order valence-corrected chi connectivity index (χ3v) is 3.11. The highest BCUT2D eigenvalue weighted by Gasteiger charge is 2.04. The summed E-state index contributed by atoms with van der Waals surface area (Å²) in [5, 5.41) is 14.1. The normalized spacial score (nSPS) is 12.5. The van der Waals surface area contributed by atoms with Crippen LogP contribution in [0.15, 0.2) is 30.7 Å². The number of nitrogens with zero attached hydrogens (tertiary/aromatic N) is 2. The first-order valence-corrected chi connectivity index (χ1v) is 6.66. The summed E-state index contributed by atoms with van der Waals surface area (Å²) in [6, 6.07) is 4.08. The molecule has 6 heteroatoms. The second kappa shape index (κ2) is 7.23. The third kappa shape index (κ3) is 4.63. The highest BCUT2D eigenvalue weighted by atomic mass is 35.5. The first kappa shape index (κ1) is 14.0. The van der Waals surface area contributed by atoms with Crippen LogP contribution in [0, 0.1) is 0 Å². The first-order valence-electron chi connectivity index (χ1n) is 6.29. The molecular formula is C13H18ClN5. The Kier molecular flexibility index (Phi) is 5.32. The Balaban J connectivity index is 1.61. The number of halogens is 1. The molecule has 102 valence electrons. The van der Waals surface area contributed by atoms with E-state index in [1.165, 1.54) is 5.56 Å². The van der Waals surface area contributed by atoms with Gasteiger partial charge < -0.3 is 10.6 Å². The number of hydrogen-bond donors (Lipinski definition) is 3. The maximum Gasteiger partial charge on any atom is 0.129 e. The largest absolute Gasteiger partial charge is 0.311 e. The minimum atomic E-state index is 0.303. The van der Waals surface area contributed by atoms with Crippen molar-refractivity contribution < 1.29 is 0 Å².